The van der Waals surface area contributed by atoms with Crippen LogP contribution in [0, 0.1) is 5.82 Å². The minimum Gasteiger partial charge on any atom is -0.477 e. The first-order chi connectivity index (χ1) is 11.4. The van der Waals surface area contributed by atoms with Crippen LogP contribution in [-0.2, 0) is 14.8 Å². The minimum atomic E-state index is -3.91. The quantitative estimate of drug-likeness (QED) is 0.892. The second-order valence-corrected chi connectivity index (χ2v) is 8.02. The number of halogens is 1. The summed E-state index contributed by atoms with van der Waals surface area (Å²) in [4.78, 5) is 10.9. The van der Waals surface area contributed by atoms with Gasteiger partial charge >= 0.3 is 5.97 Å². The van der Waals surface area contributed by atoms with Gasteiger partial charge in [-0.15, -0.1) is 11.3 Å². The van der Waals surface area contributed by atoms with Gasteiger partial charge in [0.1, 0.15) is 10.7 Å². The number of carboxylic acids is 1. The summed E-state index contributed by atoms with van der Waals surface area (Å²) in [7, 11) is -3.91. The van der Waals surface area contributed by atoms with Gasteiger partial charge in [-0.1, -0.05) is 12.1 Å². The number of carboxylic acid groups (broad SMARTS) is 1. The van der Waals surface area contributed by atoms with Gasteiger partial charge in [-0.2, -0.15) is 4.31 Å². The molecule has 1 fully saturated rings. The largest absolute Gasteiger partial charge is 0.477 e. The molecule has 1 aromatic carbocycles. The summed E-state index contributed by atoms with van der Waals surface area (Å²) in [6.45, 7) is 0.446. The number of benzene rings is 1. The van der Waals surface area contributed by atoms with E-state index in [0.717, 1.165) is 17.4 Å². The smallest absolute Gasteiger partial charge is 0.345 e. The molecule has 1 atom stereocenters. The van der Waals surface area contributed by atoms with Crippen LogP contribution in [0.4, 0.5) is 4.39 Å². The first-order valence-electron chi connectivity index (χ1n) is 7.06. The average Bonchev–Trinajstić information content (AvgIpc) is 3.06. The molecule has 0 spiro atoms. The number of hydrogen-bond acceptors (Lipinski definition) is 5. The van der Waals surface area contributed by atoms with E-state index < -0.39 is 27.9 Å². The maximum atomic E-state index is 13.5. The number of sulfonamides is 1. The second-order valence-electron chi connectivity index (χ2n) is 5.21. The Morgan fingerprint density at radius 1 is 1.38 bits per heavy atom. The number of nitrogens with zero attached hydrogens (tertiary/aromatic N) is 1. The number of rotatable bonds is 4. The number of ether oxygens (including phenoxy) is 1. The molecule has 1 unspecified atom stereocenters. The van der Waals surface area contributed by atoms with Gasteiger partial charge in [0, 0.05) is 11.9 Å². The highest BCUT2D eigenvalue weighted by Crippen LogP contribution is 2.32. The number of carbonyl (C=O) groups is 1. The van der Waals surface area contributed by atoms with Gasteiger partial charge in [0.25, 0.3) is 0 Å². The summed E-state index contributed by atoms with van der Waals surface area (Å²) in [5, 5.41) is 10.3. The SMILES string of the molecule is O=C(O)c1cc(S(=O)(=O)N2CCOCC2c2cccc(F)c2)cs1. The van der Waals surface area contributed by atoms with Crippen LogP contribution in [0.25, 0.3) is 0 Å². The molecule has 24 heavy (non-hydrogen) atoms. The molecule has 0 amide bonds. The standard InChI is InChI=1S/C15H14FNO5S2/c16-11-3-1-2-10(6-11)13-8-22-5-4-17(13)24(20,21)12-7-14(15(18)19)23-9-12/h1-3,6-7,9,13H,4-5,8H2,(H,18,19). The van der Waals surface area contributed by atoms with E-state index in [1.165, 1.54) is 27.9 Å². The highest BCUT2D eigenvalue weighted by molar-refractivity contribution is 7.89. The molecule has 128 valence electrons. The van der Waals surface area contributed by atoms with Gasteiger partial charge in [-0.05, 0) is 23.8 Å². The molecule has 9 heteroatoms. The van der Waals surface area contributed by atoms with Crippen molar-refractivity contribution in [2.24, 2.45) is 0 Å². The van der Waals surface area contributed by atoms with Gasteiger partial charge in [-0.25, -0.2) is 17.6 Å². The molecule has 6 nitrogen and oxygen atoms in total. The van der Waals surface area contributed by atoms with E-state index in [2.05, 4.69) is 0 Å². The van der Waals surface area contributed by atoms with Crippen molar-refractivity contribution in [3.8, 4) is 0 Å². The van der Waals surface area contributed by atoms with Crippen LogP contribution in [0.5, 0.6) is 0 Å². The van der Waals surface area contributed by atoms with Gasteiger partial charge in [0.2, 0.25) is 10.0 Å². The molecule has 1 saturated heterocycles. The molecule has 0 aliphatic carbocycles. The van der Waals surface area contributed by atoms with Gasteiger partial charge in [0.05, 0.1) is 24.2 Å². The lowest BCUT2D eigenvalue weighted by Crippen LogP contribution is -2.43. The molecule has 1 N–H and O–H groups in total. The monoisotopic (exact) mass is 371 g/mol. The van der Waals surface area contributed by atoms with Crippen LogP contribution in [0.1, 0.15) is 21.3 Å². The maximum absolute atomic E-state index is 13.5. The molecule has 1 aromatic heterocycles. The zero-order valence-electron chi connectivity index (χ0n) is 12.4. The first-order valence-corrected chi connectivity index (χ1v) is 9.38. The summed E-state index contributed by atoms with van der Waals surface area (Å²) in [6, 6.07) is 6.19. The second kappa shape index (κ2) is 6.60. The fraction of sp³-hybridized carbons (Fsp3) is 0.267. The van der Waals surface area contributed by atoms with Crippen LogP contribution in [-0.4, -0.2) is 43.6 Å². The molecule has 1 aliphatic rings. The van der Waals surface area contributed by atoms with E-state index >= 15 is 0 Å². The molecule has 2 heterocycles. The zero-order valence-corrected chi connectivity index (χ0v) is 14.0. The van der Waals surface area contributed by atoms with Gasteiger partial charge < -0.3 is 9.84 Å². The summed E-state index contributed by atoms with van der Waals surface area (Å²) in [6.07, 6.45) is 0. The van der Waals surface area contributed by atoms with E-state index in [1.54, 1.807) is 6.07 Å². The number of aromatic carboxylic acids is 1. The molecule has 0 bridgehead atoms. The van der Waals surface area contributed by atoms with E-state index in [-0.39, 0.29) is 29.5 Å². The summed E-state index contributed by atoms with van der Waals surface area (Å²) in [5.74, 6) is -1.63. The Labute approximate surface area is 142 Å². The van der Waals surface area contributed by atoms with Crippen LogP contribution < -0.4 is 0 Å². The van der Waals surface area contributed by atoms with Crippen molar-refractivity contribution in [2.45, 2.75) is 10.9 Å². The number of hydrogen-bond donors (Lipinski definition) is 1. The van der Waals surface area contributed by atoms with Crippen molar-refractivity contribution in [3.63, 3.8) is 0 Å². The number of thiophene rings is 1. The average molecular weight is 371 g/mol. The lowest BCUT2D eigenvalue weighted by Gasteiger charge is -2.34. The Hall–Kier alpha value is -1.81. The highest BCUT2D eigenvalue weighted by Gasteiger charge is 2.36. The maximum Gasteiger partial charge on any atom is 0.345 e. The van der Waals surface area contributed by atoms with Crippen LogP contribution in [0.2, 0.25) is 0 Å². The van der Waals surface area contributed by atoms with Gasteiger partial charge in [-0.3, -0.25) is 0 Å². The summed E-state index contributed by atoms with van der Waals surface area (Å²) < 4.78 is 45.8. The Morgan fingerprint density at radius 2 is 2.17 bits per heavy atom. The van der Waals surface area contributed by atoms with Crippen molar-refractivity contribution in [1.29, 1.82) is 0 Å². The van der Waals surface area contributed by atoms with E-state index in [9.17, 15) is 17.6 Å². The Bertz CT molecular complexity index is 864. The van der Waals surface area contributed by atoms with E-state index in [4.69, 9.17) is 9.84 Å². The van der Waals surface area contributed by atoms with Crippen molar-refractivity contribution >= 4 is 27.3 Å². The topological polar surface area (TPSA) is 83.9 Å². The number of morpholine rings is 1. The van der Waals surface area contributed by atoms with Crippen molar-refractivity contribution in [3.05, 3.63) is 52.0 Å². The fourth-order valence-electron chi connectivity index (χ4n) is 2.55. The van der Waals surface area contributed by atoms with Crippen molar-refractivity contribution in [2.75, 3.05) is 19.8 Å². The van der Waals surface area contributed by atoms with Crippen LogP contribution in [0.3, 0.4) is 0 Å². The molecule has 2 aromatic rings. The van der Waals surface area contributed by atoms with Crippen molar-refractivity contribution < 1.29 is 27.4 Å². The van der Waals surface area contributed by atoms with E-state index in [0.29, 0.717) is 5.56 Å². The van der Waals surface area contributed by atoms with Crippen LogP contribution >= 0.6 is 11.3 Å². The normalized spacial score (nSPS) is 19.3. The lowest BCUT2D eigenvalue weighted by atomic mass is 10.1. The zero-order chi connectivity index (χ0) is 17.3. The Kier molecular flexibility index (Phi) is 4.68. The molecular weight excluding hydrogens is 357 g/mol. The fourth-order valence-corrected chi connectivity index (χ4v) is 5.24. The summed E-state index contributed by atoms with van der Waals surface area (Å²) >= 11 is 0.851. The first kappa shape index (κ1) is 17.0. The minimum absolute atomic E-state index is 0.0517. The Balaban J connectivity index is 1.98. The van der Waals surface area contributed by atoms with E-state index in [1.807, 2.05) is 0 Å². The van der Waals surface area contributed by atoms with Gasteiger partial charge in [0.15, 0.2) is 0 Å². The van der Waals surface area contributed by atoms with Crippen LogP contribution in [0.15, 0.2) is 40.6 Å². The third kappa shape index (κ3) is 3.20. The molecule has 1 aliphatic heterocycles. The van der Waals surface area contributed by atoms with Crippen molar-refractivity contribution in [1.82, 2.24) is 4.31 Å². The predicted octanol–water partition coefficient (Wildman–Crippen LogP) is 2.35. The molecule has 0 saturated carbocycles. The predicted molar refractivity (Wildman–Crippen MR) is 85.1 cm³/mol. The third-order valence-electron chi connectivity index (χ3n) is 3.71. The molecule has 0 radical (unpaired) electrons. The molecular formula is C15H14FNO5S2. The highest BCUT2D eigenvalue weighted by atomic mass is 32.2. The lowest BCUT2D eigenvalue weighted by molar-refractivity contribution is 0.0320. The summed E-state index contributed by atoms with van der Waals surface area (Å²) in [5.41, 5.74) is 0.493. The third-order valence-corrected chi connectivity index (χ3v) is 6.66. The molecule has 3 rings (SSSR count). The Morgan fingerprint density at radius 3 is 2.83 bits per heavy atom.